The van der Waals surface area contributed by atoms with Crippen LogP contribution in [0.1, 0.15) is 48.6 Å². The van der Waals surface area contributed by atoms with Gasteiger partial charge in [0.2, 0.25) is 0 Å². The summed E-state index contributed by atoms with van der Waals surface area (Å²) in [5, 5.41) is 10.8. The fraction of sp³-hybridized carbons (Fsp3) is 0.208. The molecular formula is C48H40S6. The lowest BCUT2D eigenvalue weighted by molar-refractivity contribution is 0.649. The highest BCUT2D eigenvalue weighted by atomic mass is 32.1. The summed E-state index contributed by atoms with van der Waals surface area (Å²) in [5.74, 6) is 1.25. The summed E-state index contributed by atoms with van der Waals surface area (Å²) in [6.07, 6.45) is 2.22. The van der Waals surface area contributed by atoms with E-state index >= 15 is 0 Å². The summed E-state index contributed by atoms with van der Waals surface area (Å²) >= 11 is 11.7. The van der Waals surface area contributed by atoms with Gasteiger partial charge in [-0.05, 0) is 143 Å². The van der Waals surface area contributed by atoms with E-state index in [9.17, 15) is 0 Å². The van der Waals surface area contributed by atoms with Gasteiger partial charge in [0.25, 0.3) is 0 Å². The third-order valence-electron chi connectivity index (χ3n) is 10.5. The van der Waals surface area contributed by atoms with Crippen LogP contribution < -0.4 is 0 Å². The molecule has 6 heterocycles. The van der Waals surface area contributed by atoms with E-state index in [0.717, 1.165) is 12.8 Å². The Morgan fingerprint density at radius 2 is 0.778 bits per heavy atom. The molecule has 0 unspecified atom stereocenters. The molecule has 4 aromatic carbocycles. The van der Waals surface area contributed by atoms with Crippen LogP contribution in [-0.2, 0) is 12.8 Å². The zero-order valence-electron chi connectivity index (χ0n) is 31.3. The van der Waals surface area contributed by atoms with Gasteiger partial charge in [0.05, 0.1) is 0 Å². The van der Waals surface area contributed by atoms with E-state index in [4.69, 9.17) is 0 Å². The molecule has 10 aromatic rings. The fourth-order valence-corrected chi connectivity index (χ4v) is 14.9. The van der Waals surface area contributed by atoms with E-state index in [1.54, 1.807) is 0 Å². The topological polar surface area (TPSA) is 0 Å². The molecule has 6 heteroatoms. The quantitative estimate of drug-likeness (QED) is 0.134. The normalized spacial score (nSPS) is 12.4. The minimum absolute atomic E-state index is 0.593. The molecule has 0 bridgehead atoms. The molecule has 0 saturated heterocycles. The Hall–Kier alpha value is -3.62. The molecule has 0 N–H and O–H groups in total. The molecule has 0 aliphatic carbocycles. The first kappa shape index (κ1) is 34.8. The van der Waals surface area contributed by atoms with E-state index in [1.807, 2.05) is 68.0 Å². The SMILES string of the molecule is Cc1cc(CC(C)C)c(-c2ccc(-c3ccc(-c4sc(-c5cc6c(ccc7c6ccc6c8ccc9sc(C)cc9c8ccc76)s5)cc4CC(C)C)s3)s2)s1. The lowest BCUT2D eigenvalue weighted by Crippen LogP contribution is -1.93. The minimum atomic E-state index is 0.593. The molecule has 0 atom stereocenters. The first-order valence-electron chi connectivity index (χ1n) is 18.8. The van der Waals surface area contributed by atoms with E-state index in [2.05, 4.69) is 139 Å². The number of fused-ring (bicyclic) bond motifs is 9. The minimum Gasteiger partial charge on any atom is -0.141 e. The van der Waals surface area contributed by atoms with Crippen molar-refractivity contribution in [2.75, 3.05) is 0 Å². The van der Waals surface area contributed by atoms with Gasteiger partial charge in [-0.3, -0.25) is 0 Å². The van der Waals surface area contributed by atoms with Crippen LogP contribution in [0, 0.1) is 25.7 Å². The van der Waals surface area contributed by atoms with Crippen LogP contribution in [0.3, 0.4) is 0 Å². The second-order valence-electron chi connectivity index (χ2n) is 15.5. The molecule has 0 spiro atoms. The fourth-order valence-electron chi connectivity index (χ4n) is 8.23. The maximum Gasteiger partial charge on any atom is 0.0481 e. The Bertz CT molecular complexity index is 3030. The van der Waals surface area contributed by atoms with Crippen LogP contribution in [0.4, 0.5) is 0 Å². The van der Waals surface area contributed by atoms with Crippen molar-refractivity contribution >= 4 is 121 Å². The summed E-state index contributed by atoms with van der Waals surface area (Å²) in [6.45, 7) is 13.8. The van der Waals surface area contributed by atoms with Crippen molar-refractivity contribution in [1.82, 2.24) is 0 Å². The van der Waals surface area contributed by atoms with Gasteiger partial charge in [-0.25, -0.2) is 0 Å². The molecule has 0 fully saturated rings. The number of rotatable bonds is 8. The highest BCUT2D eigenvalue weighted by molar-refractivity contribution is 7.30. The third-order valence-corrected chi connectivity index (χ3v) is 17.8. The molecule has 0 nitrogen and oxygen atoms in total. The second-order valence-corrected chi connectivity index (χ2v) is 22.4. The Morgan fingerprint density at radius 3 is 1.35 bits per heavy atom. The van der Waals surface area contributed by atoms with Gasteiger partial charge in [-0.1, -0.05) is 64.1 Å². The van der Waals surface area contributed by atoms with Gasteiger partial charge in [0.1, 0.15) is 0 Å². The summed E-state index contributed by atoms with van der Waals surface area (Å²) in [6, 6.07) is 37.9. The highest BCUT2D eigenvalue weighted by Crippen LogP contribution is 2.49. The molecule has 0 radical (unpaired) electrons. The monoisotopic (exact) mass is 808 g/mol. The third kappa shape index (κ3) is 6.01. The lowest BCUT2D eigenvalue weighted by Gasteiger charge is -2.09. The van der Waals surface area contributed by atoms with E-state index in [-0.39, 0.29) is 0 Å². The van der Waals surface area contributed by atoms with Crippen LogP contribution in [0.25, 0.3) is 91.5 Å². The highest BCUT2D eigenvalue weighted by Gasteiger charge is 2.20. The van der Waals surface area contributed by atoms with Gasteiger partial charge in [-0.15, -0.1) is 68.0 Å². The predicted octanol–water partition coefficient (Wildman–Crippen LogP) is 17.5. The van der Waals surface area contributed by atoms with Crippen molar-refractivity contribution in [3.8, 4) is 39.0 Å². The van der Waals surface area contributed by atoms with Crippen LogP contribution >= 0.6 is 68.0 Å². The summed E-state index contributed by atoms with van der Waals surface area (Å²) in [5.41, 5.74) is 2.98. The van der Waals surface area contributed by atoms with Crippen molar-refractivity contribution in [2.24, 2.45) is 11.8 Å². The first-order chi connectivity index (χ1) is 26.2. The average molecular weight is 809 g/mol. The molecule has 0 amide bonds. The van der Waals surface area contributed by atoms with E-state index in [1.165, 1.54) is 112 Å². The zero-order chi connectivity index (χ0) is 36.8. The smallest absolute Gasteiger partial charge is 0.0481 e. The van der Waals surface area contributed by atoms with Crippen molar-refractivity contribution < 1.29 is 0 Å². The van der Waals surface area contributed by atoms with Crippen LogP contribution in [0.2, 0.25) is 0 Å². The molecule has 0 saturated carbocycles. The number of benzene rings is 4. The lowest BCUT2D eigenvalue weighted by atomic mass is 9.95. The maximum absolute atomic E-state index is 2.50. The van der Waals surface area contributed by atoms with Gasteiger partial charge < -0.3 is 0 Å². The largest absolute Gasteiger partial charge is 0.141 e. The standard InChI is InChI=1S/C48H40S6/c1-25(2)19-29-21-27(5)50-47(29)43-17-15-41(52-43)42-16-18-44(53-42)48-30(20-26(3)4)23-45(54-48)46-24-38-36-10-8-31-32(34(36)12-14-40(38)51-46)7-9-35-33(31)11-13-39-37(35)22-28(6)49-39/h7-18,21-26H,19-20H2,1-6H3. The zero-order valence-corrected chi connectivity index (χ0v) is 36.2. The van der Waals surface area contributed by atoms with Gasteiger partial charge in [0, 0.05) is 68.9 Å². The Labute approximate surface area is 341 Å². The molecule has 6 aromatic heterocycles. The number of hydrogen-bond donors (Lipinski definition) is 0. The Morgan fingerprint density at radius 1 is 0.352 bits per heavy atom. The van der Waals surface area contributed by atoms with Gasteiger partial charge in [-0.2, -0.15) is 0 Å². The van der Waals surface area contributed by atoms with Crippen molar-refractivity contribution in [3.05, 3.63) is 118 Å². The number of aryl methyl sites for hydroxylation is 2. The van der Waals surface area contributed by atoms with Crippen LogP contribution in [0.5, 0.6) is 0 Å². The van der Waals surface area contributed by atoms with Crippen molar-refractivity contribution in [1.29, 1.82) is 0 Å². The molecular weight excluding hydrogens is 769 g/mol. The van der Waals surface area contributed by atoms with Crippen molar-refractivity contribution in [2.45, 2.75) is 54.4 Å². The number of thiophene rings is 6. The second kappa shape index (κ2) is 13.5. The van der Waals surface area contributed by atoms with E-state index in [0.29, 0.717) is 11.8 Å². The number of hydrogen-bond acceptors (Lipinski definition) is 6. The summed E-state index contributed by atoms with van der Waals surface area (Å²) < 4.78 is 2.73. The molecule has 10 rings (SSSR count). The summed E-state index contributed by atoms with van der Waals surface area (Å²) in [7, 11) is 0. The average Bonchev–Trinajstić information content (AvgIpc) is 3.99. The van der Waals surface area contributed by atoms with Crippen molar-refractivity contribution in [3.63, 3.8) is 0 Å². The first-order valence-corrected chi connectivity index (χ1v) is 23.7. The van der Waals surface area contributed by atoms with Gasteiger partial charge in [0.15, 0.2) is 0 Å². The van der Waals surface area contributed by atoms with Crippen LogP contribution in [0.15, 0.2) is 97.1 Å². The summed E-state index contributed by atoms with van der Waals surface area (Å²) in [4.78, 5) is 14.0. The maximum atomic E-state index is 2.50. The predicted molar refractivity (Wildman–Crippen MR) is 250 cm³/mol. The van der Waals surface area contributed by atoms with E-state index < -0.39 is 0 Å². The molecule has 268 valence electrons. The molecule has 0 aliphatic heterocycles. The Balaban J connectivity index is 1.01. The Kier molecular flexibility index (Phi) is 8.74. The molecule has 54 heavy (non-hydrogen) atoms. The van der Waals surface area contributed by atoms with Gasteiger partial charge >= 0.3 is 0 Å². The van der Waals surface area contributed by atoms with Crippen LogP contribution in [-0.4, -0.2) is 0 Å². The molecule has 0 aliphatic rings.